The molecule has 0 aromatic heterocycles. The van der Waals surface area contributed by atoms with Gasteiger partial charge in [0.1, 0.15) is 11.5 Å². The van der Waals surface area contributed by atoms with Crippen molar-refractivity contribution >= 4 is 5.91 Å². The summed E-state index contributed by atoms with van der Waals surface area (Å²) in [5.74, 6) is -0.442. The van der Waals surface area contributed by atoms with Crippen molar-refractivity contribution in [2.24, 2.45) is 5.92 Å². The average molecular weight is 239 g/mol. The molecule has 1 rings (SSSR count). The molecule has 0 spiro atoms. The number of benzene rings is 1. The molecular weight excluding hydrogens is 222 g/mol. The molecule has 1 unspecified atom stereocenters. The smallest absolute Gasteiger partial charge is 0.255 e. The highest BCUT2D eigenvalue weighted by molar-refractivity contribution is 5.97. The van der Waals surface area contributed by atoms with Gasteiger partial charge in [-0.05, 0) is 24.1 Å². The number of hydrogen-bond acceptors (Lipinski definition) is 4. The van der Waals surface area contributed by atoms with Crippen LogP contribution < -0.4 is 5.32 Å². The Hall–Kier alpha value is -1.75. The highest BCUT2D eigenvalue weighted by Crippen LogP contribution is 2.21. The van der Waals surface area contributed by atoms with Crippen molar-refractivity contribution in [3.05, 3.63) is 23.8 Å². The Morgan fingerprint density at radius 3 is 2.82 bits per heavy atom. The lowest BCUT2D eigenvalue weighted by atomic mass is 10.1. The third-order valence-electron chi connectivity index (χ3n) is 2.29. The van der Waals surface area contributed by atoms with Gasteiger partial charge in [0.25, 0.3) is 5.91 Å². The molecule has 0 fully saturated rings. The quantitative estimate of drug-likeness (QED) is 0.672. The molecule has 0 aliphatic heterocycles. The highest BCUT2D eigenvalue weighted by atomic mass is 16.5. The van der Waals surface area contributed by atoms with Gasteiger partial charge in [0, 0.05) is 13.7 Å². The second kappa shape index (κ2) is 6.10. The standard InChI is InChI=1S/C12H17NO4/c1-8(7-17-2)6-13-12(16)10-5-9(14)3-4-11(10)15/h3-5,8,14-15H,6-7H2,1-2H3,(H,13,16). The van der Waals surface area contributed by atoms with E-state index >= 15 is 0 Å². The van der Waals surface area contributed by atoms with Gasteiger partial charge < -0.3 is 20.3 Å². The molecule has 3 N–H and O–H groups in total. The summed E-state index contributed by atoms with van der Waals surface area (Å²) in [6.07, 6.45) is 0. The predicted molar refractivity (Wildman–Crippen MR) is 63.1 cm³/mol. The maximum atomic E-state index is 11.7. The number of ether oxygens (including phenoxy) is 1. The molecule has 0 saturated carbocycles. The number of methoxy groups -OCH3 is 1. The predicted octanol–water partition coefficient (Wildman–Crippen LogP) is 1.11. The van der Waals surface area contributed by atoms with Gasteiger partial charge in [-0.1, -0.05) is 6.92 Å². The second-order valence-electron chi connectivity index (χ2n) is 3.97. The second-order valence-corrected chi connectivity index (χ2v) is 3.97. The summed E-state index contributed by atoms with van der Waals surface area (Å²) in [7, 11) is 1.60. The van der Waals surface area contributed by atoms with Crippen LogP contribution in [-0.4, -0.2) is 36.4 Å². The average Bonchev–Trinajstić information content (AvgIpc) is 2.29. The van der Waals surface area contributed by atoms with Crippen molar-refractivity contribution in [3.63, 3.8) is 0 Å². The van der Waals surface area contributed by atoms with Crippen molar-refractivity contribution in [3.8, 4) is 11.5 Å². The molecule has 0 saturated heterocycles. The number of amides is 1. The van der Waals surface area contributed by atoms with Crippen LogP contribution in [0.3, 0.4) is 0 Å². The first-order valence-electron chi connectivity index (χ1n) is 5.33. The van der Waals surface area contributed by atoms with Gasteiger partial charge in [0.15, 0.2) is 0 Å². The fourth-order valence-corrected chi connectivity index (χ4v) is 1.41. The van der Waals surface area contributed by atoms with Crippen LogP contribution in [-0.2, 0) is 4.74 Å². The molecule has 1 amide bonds. The zero-order valence-electron chi connectivity index (χ0n) is 9.93. The first-order chi connectivity index (χ1) is 8.04. The van der Waals surface area contributed by atoms with Crippen LogP contribution in [0.4, 0.5) is 0 Å². The molecule has 0 aliphatic carbocycles. The van der Waals surface area contributed by atoms with E-state index in [0.29, 0.717) is 13.2 Å². The van der Waals surface area contributed by atoms with Gasteiger partial charge in [-0.25, -0.2) is 0 Å². The molecule has 0 aliphatic rings. The van der Waals surface area contributed by atoms with E-state index in [1.807, 2.05) is 6.92 Å². The number of rotatable bonds is 5. The molecular formula is C12H17NO4. The lowest BCUT2D eigenvalue weighted by molar-refractivity contribution is 0.0931. The Kier molecular flexibility index (Phi) is 4.78. The maximum Gasteiger partial charge on any atom is 0.255 e. The molecule has 0 bridgehead atoms. The number of phenolic OH excluding ortho intramolecular Hbond substituents is 2. The minimum Gasteiger partial charge on any atom is -0.508 e. The lowest BCUT2D eigenvalue weighted by Gasteiger charge is -2.12. The zero-order chi connectivity index (χ0) is 12.8. The fourth-order valence-electron chi connectivity index (χ4n) is 1.41. The molecule has 94 valence electrons. The Labute approximate surface area is 100 Å². The summed E-state index contributed by atoms with van der Waals surface area (Å²) < 4.78 is 4.94. The van der Waals surface area contributed by atoms with Crippen LogP contribution in [0.2, 0.25) is 0 Å². The fraction of sp³-hybridized carbons (Fsp3) is 0.417. The van der Waals surface area contributed by atoms with Crippen LogP contribution in [0.5, 0.6) is 11.5 Å². The van der Waals surface area contributed by atoms with Gasteiger partial charge in [-0.3, -0.25) is 4.79 Å². The summed E-state index contributed by atoms with van der Waals surface area (Å²) in [6.45, 7) is 2.93. The minimum absolute atomic E-state index is 0.0575. The normalized spacial score (nSPS) is 12.1. The summed E-state index contributed by atoms with van der Waals surface area (Å²) in [6, 6.07) is 3.83. The summed E-state index contributed by atoms with van der Waals surface area (Å²) in [4.78, 5) is 11.7. The van der Waals surface area contributed by atoms with E-state index in [0.717, 1.165) is 0 Å². The topological polar surface area (TPSA) is 78.8 Å². The van der Waals surface area contributed by atoms with Crippen LogP contribution in [0, 0.1) is 5.92 Å². The molecule has 1 atom stereocenters. The van der Waals surface area contributed by atoms with E-state index in [1.54, 1.807) is 7.11 Å². The van der Waals surface area contributed by atoms with Crippen molar-refractivity contribution < 1.29 is 19.7 Å². The van der Waals surface area contributed by atoms with E-state index in [-0.39, 0.29) is 23.0 Å². The number of carbonyl (C=O) groups excluding carboxylic acids is 1. The Bertz CT molecular complexity index is 392. The number of nitrogens with one attached hydrogen (secondary N) is 1. The maximum absolute atomic E-state index is 11.7. The van der Waals surface area contributed by atoms with Crippen molar-refractivity contribution in [1.29, 1.82) is 0 Å². The SMILES string of the molecule is COCC(C)CNC(=O)c1cc(O)ccc1O. The number of carbonyl (C=O) groups is 1. The van der Waals surface area contributed by atoms with E-state index < -0.39 is 5.91 Å². The van der Waals surface area contributed by atoms with Crippen LogP contribution in [0.15, 0.2) is 18.2 Å². The Balaban J connectivity index is 2.61. The van der Waals surface area contributed by atoms with Gasteiger partial charge in [-0.2, -0.15) is 0 Å². The number of aromatic hydroxyl groups is 2. The van der Waals surface area contributed by atoms with Crippen molar-refractivity contribution in [1.82, 2.24) is 5.32 Å². The third-order valence-corrected chi connectivity index (χ3v) is 2.29. The number of hydrogen-bond donors (Lipinski definition) is 3. The van der Waals surface area contributed by atoms with Gasteiger partial charge in [0.05, 0.1) is 12.2 Å². The van der Waals surface area contributed by atoms with Gasteiger partial charge in [-0.15, -0.1) is 0 Å². The van der Waals surface area contributed by atoms with Crippen molar-refractivity contribution in [2.75, 3.05) is 20.3 Å². The Morgan fingerprint density at radius 1 is 1.47 bits per heavy atom. The number of phenols is 2. The molecule has 5 heteroatoms. The lowest BCUT2D eigenvalue weighted by Crippen LogP contribution is -2.29. The van der Waals surface area contributed by atoms with E-state index in [2.05, 4.69) is 5.32 Å². The molecule has 0 heterocycles. The molecule has 0 radical (unpaired) electrons. The van der Waals surface area contributed by atoms with E-state index in [9.17, 15) is 15.0 Å². The monoisotopic (exact) mass is 239 g/mol. The molecule has 5 nitrogen and oxygen atoms in total. The molecule has 1 aromatic rings. The van der Waals surface area contributed by atoms with E-state index in [1.165, 1.54) is 18.2 Å². The molecule has 1 aromatic carbocycles. The van der Waals surface area contributed by atoms with Crippen molar-refractivity contribution in [2.45, 2.75) is 6.92 Å². The largest absolute Gasteiger partial charge is 0.508 e. The van der Waals surface area contributed by atoms with Gasteiger partial charge >= 0.3 is 0 Å². The first kappa shape index (κ1) is 13.3. The minimum atomic E-state index is -0.415. The van der Waals surface area contributed by atoms with E-state index in [4.69, 9.17) is 4.74 Å². The Morgan fingerprint density at radius 2 is 2.18 bits per heavy atom. The first-order valence-corrected chi connectivity index (χ1v) is 5.33. The summed E-state index contributed by atoms with van der Waals surface area (Å²) in [5, 5.41) is 21.4. The summed E-state index contributed by atoms with van der Waals surface area (Å²) in [5.41, 5.74) is 0.0645. The summed E-state index contributed by atoms with van der Waals surface area (Å²) >= 11 is 0. The van der Waals surface area contributed by atoms with Gasteiger partial charge in [0.2, 0.25) is 0 Å². The van der Waals surface area contributed by atoms with Crippen LogP contribution in [0.25, 0.3) is 0 Å². The van der Waals surface area contributed by atoms with Crippen LogP contribution in [0.1, 0.15) is 17.3 Å². The molecule has 17 heavy (non-hydrogen) atoms. The van der Waals surface area contributed by atoms with Crippen LogP contribution >= 0.6 is 0 Å². The third kappa shape index (κ3) is 3.96. The zero-order valence-corrected chi connectivity index (χ0v) is 9.93. The highest BCUT2D eigenvalue weighted by Gasteiger charge is 2.12.